The Labute approximate surface area is 218 Å². The number of benzene rings is 2. The van der Waals surface area contributed by atoms with Gasteiger partial charge in [-0.25, -0.2) is 23.1 Å². The number of nitrogens with two attached hydrogens (primary N) is 2. The summed E-state index contributed by atoms with van der Waals surface area (Å²) in [5.41, 5.74) is 6.53. The summed E-state index contributed by atoms with van der Waals surface area (Å²) < 4.78 is 34.0. The van der Waals surface area contributed by atoms with Crippen LogP contribution in [0.4, 0.5) is 5.69 Å². The van der Waals surface area contributed by atoms with Gasteiger partial charge in [-0.1, -0.05) is 30.3 Å². The zero-order valence-electron chi connectivity index (χ0n) is 18.3. The third-order valence-electron chi connectivity index (χ3n) is 5.15. The van der Waals surface area contributed by atoms with E-state index in [1.165, 1.54) is 12.1 Å². The van der Waals surface area contributed by atoms with Crippen molar-refractivity contribution < 1.29 is 27.5 Å². The zero-order chi connectivity index (χ0) is 26.1. The van der Waals surface area contributed by atoms with E-state index in [4.69, 9.17) is 20.3 Å². The summed E-state index contributed by atoms with van der Waals surface area (Å²) in [6.45, 7) is 0. The van der Waals surface area contributed by atoms with Crippen LogP contribution in [0.2, 0.25) is 0 Å². The minimum Gasteiger partial charge on any atom is -0.466 e. The molecule has 0 amide bonds. The number of methoxy groups -OCH3 is 2. The summed E-state index contributed by atoms with van der Waals surface area (Å²) >= 11 is 6.57. The van der Waals surface area contributed by atoms with Crippen LogP contribution in [0, 0.1) is 11.3 Å². The van der Waals surface area contributed by atoms with Crippen molar-refractivity contribution in [3.63, 3.8) is 0 Å². The predicted octanol–water partition coefficient (Wildman–Crippen LogP) is 2.76. The number of hydrogen-bond donors (Lipinski definition) is 2. The number of ether oxygens (including phenoxy) is 2. The maximum absolute atomic E-state index is 13.1. The fraction of sp³-hybridized carbons (Fsp3) is 0.136. The molecule has 1 aliphatic rings. The first-order valence-corrected chi connectivity index (χ1v) is 12.8. The Morgan fingerprint density at radius 2 is 1.60 bits per heavy atom. The molecule has 2 aromatic carbocycles. The average molecular weight is 626 g/mol. The van der Waals surface area contributed by atoms with Gasteiger partial charge in [0.25, 0.3) is 0 Å². The van der Waals surface area contributed by atoms with E-state index in [-0.39, 0.29) is 42.2 Å². The van der Waals surface area contributed by atoms with Crippen molar-refractivity contribution in [2.24, 2.45) is 10.9 Å². The van der Waals surface area contributed by atoms with Crippen LogP contribution in [0.5, 0.6) is 0 Å². The zero-order valence-corrected chi connectivity index (χ0v) is 22.3. The highest BCUT2D eigenvalue weighted by atomic mass is 79.9. The fourth-order valence-electron chi connectivity index (χ4n) is 3.67. The lowest BCUT2D eigenvalue weighted by Gasteiger charge is -2.36. The average Bonchev–Trinajstić information content (AvgIpc) is 2.82. The van der Waals surface area contributed by atoms with Crippen LogP contribution in [0.3, 0.4) is 0 Å². The first-order chi connectivity index (χ1) is 16.5. The topological polar surface area (TPSA) is 166 Å². The molecule has 1 aliphatic heterocycles. The molecule has 10 nitrogen and oxygen atoms in total. The standard InChI is InChI=1S/C22H18Br2N4O6S/c1-33-21(29)17-16(11-6-4-3-5-7-11)13(10-25)20(26)28(19(17)22(30)34-2)18-14(23)8-12(9-15(18)24)35(27,31)32/h3-9,16H,26H2,1-2H3,(H2,27,31,32). The van der Waals surface area contributed by atoms with Gasteiger partial charge >= 0.3 is 11.9 Å². The second-order valence-electron chi connectivity index (χ2n) is 7.12. The molecule has 0 saturated heterocycles. The first kappa shape index (κ1) is 26.4. The SMILES string of the molecule is COC(=O)C1=C(C(=O)OC)N(c2c(Br)cc(S(N)(=O)=O)cc2Br)C(N)=C(C#N)C1c1ccccc1. The molecule has 182 valence electrons. The Morgan fingerprint density at radius 3 is 2.06 bits per heavy atom. The molecule has 0 spiro atoms. The van der Waals surface area contributed by atoms with E-state index >= 15 is 0 Å². The number of halogens is 2. The maximum Gasteiger partial charge on any atom is 0.355 e. The quantitative estimate of drug-likeness (QED) is 0.475. The van der Waals surface area contributed by atoms with Crippen LogP contribution in [-0.2, 0) is 29.1 Å². The Hall–Kier alpha value is -3.18. The van der Waals surface area contributed by atoms with Crippen LogP contribution in [0.1, 0.15) is 11.5 Å². The van der Waals surface area contributed by atoms with E-state index in [1.54, 1.807) is 30.3 Å². The van der Waals surface area contributed by atoms with Crippen LogP contribution < -0.4 is 15.8 Å². The van der Waals surface area contributed by atoms with Gasteiger partial charge in [0.1, 0.15) is 11.5 Å². The van der Waals surface area contributed by atoms with Crippen molar-refractivity contribution in [1.82, 2.24) is 0 Å². The van der Waals surface area contributed by atoms with Gasteiger partial charge in [0, 0.05) is 8.95 Å². The first-order valence-electron chi connectivity index (χ1n) is 9.65. The molecule has 1 atom stereocenters. The Bertz CT molecular complexity index is 1410. The highest BCUT2D eigenvalue weighted by Crippen LogP contribution is 2.47. The van der Waals surface area contributed by atoms with Crippen LogP contribution in [-0.4, -0.2) is 34.6 Å². The number of nitrogens with zero attached hydrogens (tertiary/aromatic N) is 2. The lowest BCUT2D eigenvalue weighted by Crippen LogP contribution is -2.41. The number of nitriles is 1. The molecule has 2 aromatic rings. The number of carbonyl (C=O) groups excluding carboxylic acids is 2. The summed E-state index contributed by atoms with van der Waals surface area (Å²) in [6.07, 6.45) is 0. The van der Waals surface area contributed by atoms with Crippen LogP contribution in [0.25, 0.3) is 0 Å². The van der Waals surface area contributed by atoms with Crippen molar-refractivity contribution in [2.45, 2.75) is 10.8 Å². The van der Waals surface area contributed by atoms with Crippen LogP contribution >= 0.6 is 31.9 Å². The van der Waals surface area contributed by atoms with Crippen molar-refractivity contribution in [1.29, 1.82) is 5.26 Å². The number of rotatable bonds is 5. The second-order valence-corrected chi connectivity index (χ2v) is 10.4. The van der Waals surface area contributed by atoms with Gasteiger partial charge in [-0.05, 0) is 49.6 Å². The summed E-state index contributed by atoms with van der Waals surface area (Å²) in [5, 5.41) is 15.3. The van der Waals surface area contributed by atoms with Crippen LogP contribution in [0.15, 0.2) is 79.0 Å². The lowest BCUT2D eigenvalue weighted by atomic mass is 9.81. The van der Waals surface area contributed by atoms with E-state index in [2.05, 4.69) is 31.9 Å². The smallest absolute Gasteiger partial charge is 0.355 e. The number of hydrogen-bond acceptors (Lipinski definition) is 9. The van der Waals surface area contributed by atoms with Crippen molar-refractivity contribution in [3.05, 3.63) is 79.6 Å². The monoisotopic (exact) mass is 624 g/mol. The van der Waals surface area contributed by atoms with E-state index in [0.717, 1.165) is 19.1 Å². The summed E-state index contributed by atoms with van der Waals surface area (Å²) in [5.74, 6) is -3.06. The summed E-state index contributed by atoms with van der Waals surface area (Å²) in [7, 11) is -1.83. The summed E-state index contributed by atoms with van der Waals surface area (Å²) in [6, 6.07) is 13.0. The number of anilines is 1. The van der Waals surface area contributed by atoms with Crippen molar-refractivity contribution in [3.8, 4) is 6.07 Å². The molecule has 0 aromatic heterocycles. The minimum absolute atomic E-state index is 0.0430. The molecule has 1 unspecified atom stereocenters. The fourth-order valence-corrected chi connectivity index (χ4v) is 6.07. The van der Waals surface area contributed by atoms with Gasteiger partial charge in [0.15, 0.2) is 0 Å². The largest absolute Gasteiger partial charge is 0.466 e. The number of carbonyl (C=O) groups is 2. The number of primary sulfonamides is 1. The Morgan fingerprint density at radius 1 is 1.06 bits per heavy atom. The van der Waals surface area contributed by atoms with Crippen molar-refractivity contribution >= 4 is 59.5 Å². The van der Waals surface area contributed by atoms with E-state index in [0.29, 0.717) is 5.56 Å². The van der Waals surface area contributed by atoms with Gasteiger partial charge in [-0.3, -0.25) is 4.90 Å². The minimum atomic E-state index is -4.08. The number of esters is 2. The highest BCUT2D eigenvalue weighted by molar-refractivity contribution is 9.11. The molecule has 0 radical (unpaired) electrons. The molecule has 13 heteroatoms. The third kappa shape index (κ3) is 4.83. The Kier molecular flexibility index (Phi) is 7.71. The molecule has 4 N–H and O–H groups in total. The number of allylic oxidation sites excluding steroid dienone is 1. The number of sulfonamides is 1. The van der Waals surface area contributed by atoms with Gasteiger partial charge in [0.2, 0.25) is 10.0 Å². The third-order valence-corrected chi connectivity index (χ3v) is 7.25. The molecule has 0 bridgehead atoms. The molecular formula is C22H18Br2N4O6S. The Balaban J connectivity index is 2.48. The molecule has 3 rings (SSSR count). The molecule has 0 saturated carbocycles. The van der Waals surface area contributed by atoms with E-state index < -0.39 is 27.9 Å². The molecule has 0 aliphatic carbocycles. The normalized spacial score (nSPS) is 16.1. The van der Waals surface area contributed by atoms with Gasteiger partial charge in [-0.15, -0.1) is 0 Å². The van der Waals surface area contributed by atoms with Gasteiger partial charge in [-0.2, -0.15) is 5.26 Å². The predicted molar refractivity (Wildman–Crippen MR) is 133 cm³/mol. The molecule has 0 fully saturated rings. The second kappa shape index (κ2) is 10.2. The van der Waals surface area contributed by atoms with Gasteiger partial charge < -0.3 is 15.2 Å². The van der Waals surface area contributed by atoms with Gasteiger partial charge in [0.05, 0.1) is 47.9 Å². The maximum atomic E-state index is 13.1. The summed E-state index contributed by atoms with van der Waals surface area (Å²) in [4.78, 5) is 27.1. The van der Waals surface area contributed by atoms with E-state index in [1.807, 2.05) is 6.07 Å². The molecule has 1 heterocycles. The molecular weight excluding hydrogens is 608 g/mol. The van der Waals surface area contributed by atoms with Crippen molar-refractivity contribution in [2.75, 3.05) is 19.1 Å². The lowest BCUT2D eigenvalue weighted by molar-refractivity contribution is -0.139. The highest BCUT2D eigenvalue weighted by Gasteiger charge is 2.44. The molecule has 35 heavy (non-hydrogen) atoms. The van der Waals surface area contributed by atoms with E-state index in [9.17, 15) is 23.3 Å².